The predicted octanol–water partition coefficient (Wildman–Crippen LogP) is 3.85. The van der Waals surface area contributed by atoms with Gasteiger partial charge in [0, 0.05) is 17.5 Å². The lowest BCUT2D eigenvalue weighted by Gasteiger charge is -2.42. The molecule has 2 nitrogen and oxygen atoms in total. The third-order valence-corrected chi connectivity index (χ3v) is 4.56. The average molecular weight is 279 g/mol. The minimum atomic E-state index is 0.0286. The van der Waals surface area contributed by atoms with E-state index in [1.54, 1.807) is 0 Å². The van der Waals surface area contributed by atoms with Crippen LogP contribution in [0, 0.1) is 6.92 Å². The summed E-state index contributed by atoms with van der Waals surface area (Å²) < 4.78 is 0. The predicted molar refractivity (Wildman–Crippen MR) is 85.5 cm³/mol. The number of aryl methyl sites for hydroxylation is 1. The van der Waals surface area contributed by atoms with Gasteiger partial charge in [-0.1, -0.05) is 54.4 Å². The summed E-state index contributed by atoms with van der Waals surface area (Å²) in [6.07, 6.45) is 3.56. The quantitative estimate of drug-likeness (QED) is 0.905. The van der Waals surface area contributed by atoms with E-state index in [0.29, 0.717) is 0 Å². The molecule has 0 atom stereocenters. The highest BCUT2D eigenvalue weighted by molar-refractivity contribution is 5.94. The van der Waals surface area contributed by atoms with Crippen molar-refractivity contribution in [2.24, 2.45) is 0 Å². The van der Waals surface area contributed by atoms with Gasteiger partial charge in [-0.05, 0) is 37.5 Å². The summed E-state index contributed by atoms with van der Waals surface area (Å²) in [7, 11) is 0. The molecule has 1 aliphatic rings. The van der Waals surface area contributed by atoms with Crippen molar-refractivity contribution < 1.29 is 4.79 Å². The van der Waals surface area contributed by atoms with Crippen molar-refractivity contribution >= 4 is 5.91 Å². The Morgan fingerprint density at radius 1 is 1.10 bits per heavy atom. The lowest BCUT2D eigenvalue weighted by molar-refractivity contribution is 0.0928. The smallest absolute Gasteiger partial charge is 0.251 e. The van der Waals surface area contributed by atoms with Crippen molar-refractivity contribution in [1.82, 2.24) is 5.32 Å². The first-order valence-corrected chi connectivity index (χ1v) is 7.60. The SMILES string of the molecule is Cc1cccc(C(=O)NCC2(c3ccccc3)CCC2)c1. The van der Waals surface area contributed by atoms with Gasteiger partial charge in [-0.2, -0.15) is 0 Å². The van der Waals surface area contributed by atoms with Crippen molar-refractivity contribution in [1.29, 1.82) is 0 Å². The Hall–Kier alpha value is -2.09. The summed E-state index contributed by atoms with van der Waals surface area (Å²) in [6, 6.07) is 18.3. The summed E-state index contributed by atoms with van der Waals surface area (Å²) in [4.78, 5) is 12.3. The highest BCUT2D eigenvalue weighted by atomic mass is 16.1. The van der Waals surface area contributed by atoms with Crippen LogP contribution in [0.4, 0.5) is 0 Å². The van der Waals surface area contributed by atoms with E-state index in [-0.39, 0.29) is 11.3 Å². The molecular formula is C19H21NO. The maximum absolute atomic E-state index is 12.3. The third kappa shape index (κ3) is 2.85. The minimum absolute atomic E-state index is 0.0286. The number of carbonyl (C=O) groups is 1. The van der Waals surface area contributed by atoms with Crippen LogP contribution in [0.25, 0.3) is 0 Å². The van der Waals surface area contributed by atoms with E-state index in [9.17, 15) is 4.79 Å². The van der Waals surface area contributed by atoms with E-state index in [0.717, 1.165) is 30.5 Å². The second-order valence-corrected chi connectivity index (χ2v) is 6.05. The summed E-state index contributed by atoms with van der Waals surface area (Å²) >= 11 is 0. The van der Waals surface area contributed by atoms with Gasteiger partial charge in [0.25, 0.3) is 5.91 Å². The van der Waals surface area contributed by atoms with E-state index in [1.807, 2.05) is 37.3 Å². The van der Waals surface area contributed by atoms with Gasteiger partial charge in [0.2, 0.25) is 0 Å². The monoisotopic (exact) mass is 279 g/mol. The Kier molecular flexibility index (Phi) is 3.78. The lowest BCUT2D eigenvalue weighted by atomic mass is 9.64. The maximum atomic E-state index is 12.3. The first-order valence-electron chi connectivity index (χ1n) is 7.60. The van der Waals surface area contributed by atoms with Gasteiger partial charge >= 0.3 is 0 Å². The molecule has 0 aromatic heterocycles. The number of hydrogen-bond acceptors (Lipinski definition) is 1. The standard InChI is InChI=1S/C19H21NO/c1-15-7-5-8-16(13-15)18(21)20-14-19(11-6-12-19)17-9-3-2-4-10-17/h2-5,7-10,13H,6,11-12,14H2,1H3,(H,20,21). The zero-order valence-corrected chi connectivity index (χ0v) is 12.4. The van der Waals surface area contributed by atoms with Crippen molar-refractivity contribution in [3.05, 3.63) is 71.3 Å². The van der Waals surface area contributed by atoms with Crippen molar-refractivity contribution in [2.75, 3.05) is 6.54 Å². The van der Waals surface area contributed by atoms with Gasteiger partial charge in [0.1, 0.15) is 0 Å². The molecule has 0 spiro atoms. The molecule has 1 amide bonds. The van der Waals surface area contributed by atoms with Gasteiger partial charge in [-0.25, -0.2) is 0 Å². The molecule has 0 saturated heterocycles. The topological polar surface area (TPSA) is 29.1 Å². The van der Waals surface area contributed by atoms with Gasteiger partial charge in [0.15, 0.2) is 0 Å². The molecule has 0 aliphatic heterocycles. The Morgan fingerprint density at radius 3 is 2.48 bits per heavy atom. The minimum Gasteiger partial charge on any atom is -0.351 e. The normalized spacial score (nSPS) is 16.0. The molecule has 21 heavy (non-hydrogen) atoms. The van der Waals surface area contributed by atoms with Crippen molar-refractivity contribution in [3.63, 3.8) is 0 Å². The highest BCUT2D eigenvalue weighted by Crippen LogP contribution is 2.43. The fourth-order valence-electron chi connectivity index (χ4n) is 3.10. The lowest BCUT2D eigenvalue weighted by Crippen LogP contribution is -2.45. The van der Waals surface area contributed by atoms with E-state index in [2.05, 4.69) is 29.6 Å². The molecule has 0 radical (unpaired) electrons. The molecule has 1 saturated carbocycles. The van der Waals surface area contributed by atoms with Crippen LogP contribution in [-0.4, -0.2) is 12.5 Å². The van der Waals surface area contributed by atoms with Crippen LogP contribution < -0.4 is 5.32 Å². The molecule has 0 heterocycles. The third-order valence-electron chi connectivity index (χ3n) is 4.56. The van der Waals surface area contributed by atoms with Crippen LogP contribution in [0.15, 0.2) is 54.6 Å². The second kappa shape index (κ2) is 5.72. The zero-order valence-electron chi connectivity index (χ0n) is 12.4. The number of amides is 1. The van der Waals surface area contributed by atoms with Crippen LogP contribution in [0.2, 0.25) is 0 Å². The van der Waals surface area contributed by atoms with E-state index >= 15 is 0 Å². The number of carbonyl (C=O) groups excluding carboxylic acids is 1. The van der Waals surface area contributed by atoms with E-state index in [4.69, 9.17) is 0 Å². The molecular weight excluding hydrogens is 258 g/mol. The molecule has 0 unspecified atom stereocenters. The van der Waals surface area contributed by atoms with E-state index < -0.39 is 0 Å². The molecule has 108 valence electrons. The molecule has 2 aromatic carbocycles. The number of rotatable bonds is 4. The second-order valence-electron chi connectivity index (χ2n) is 6.05. The Morgan fingerprint density at radius 2 is 1.86 bits per heavy atom. The van der Waals surface area contributed by atoms with Gasteiger partial charge in [-0.15, -0.1) is 0 Å². The zero-order chi connectivity index (χ0) is 14.7. The van der Waals surface area contributed by atoms with Crippen LogP contribution >= 0.6 is 0 Å². The highest BCUT2D eigenvalue weighted by Gasteiger charge is 2.38. The number of hydrogen-bond donors (Lipinski definition) is 1. The molecule has 2 aromatic rings. The van der Waals surface area contributed by atoms with Gasteiger partial charge in [0.05, 0.1) is 0 Å². The first-order chi connectivity index (χ1) is 10.2. The van der Waals surface area contributed by atoms with Crippen LogP contribution in [0.1, 0.15) is 40.7 Å². The number of nitrogens with one attached hydrogen (secondary N) is 1. The summed E-state index contributed by atoms with van der Waals surface area (Å²) in [5, 5.41) is 3.13. The largest absolute Gasteiger partial charge is 0.351 e. The fraction of sp³-hybridized carbons (Fsp3) is 0.316. The summed E-state index contributed by atoms with van der Waals surface area (Å²) in [5.41, 5.74) is 3.35. The van der Waals surface area contributed by atoms with Crippen LogP contribution in [-0.2, 0) is 5.41 Å². The molecule has 1 N–H and O–H groups in total. The van der Waals surface area contributed by atoms with Gasteiger partial charge < -0.3 is 5.32 Å². The Balaban J connectivity index is 1.70. The molecule has 2 heteroatoms. The van der Waals surface area contributed by atoms with E-state index in [1.165, 1.54) is 12.0 Å². The number of benzene rings is 2. The van der Waals surface area contributed by atoms with Gasteiger partial charge in [-0.3, -0.25) is 4.79 Å². The summed E-state index contributed by atoms with van der Waals surface area (Å²) in [6.45, 7) is 2.73. The Bertz CT molecular complexity index is 629. The average Bonchev–Trinajstić information content (AvgIpc) is 2.47. The van der Waals surface area contributed by atoms with Crippen LogP contribution in [0.5, 0.6) is 0 Å². The molecule has 1 aliphatic carbocycles. The molecule has 3 rings (SSSR count). The van der Waals surface area contributed by atoms with Crippen LogP contribution in [0.3, 0.4) is 0 Å². The summed E-state index contributed by atoms with van der Waals surface area (Å²) in [5.74, 6) is 0.0286. The van der Waals surface area contributed by atoms with Crippen molar-refractivity contribution in [2.45, 2.75) is 31.6 Å². The maximum Gasteiger partial charge on any atom is 0.251 e. The molecule has 0 bridgehead atoms. The fourth-order valence-corrected chi connectivity index (χ4v) is 3.10. The van der Waals surface area contributed by atoms with Crippen molar-refractivity contribution in [3.8, 4) is 0 Å². The Labute approximate surface area is 126 Å². The first kappa shape index (κ1) is 13.9. The molecule has 1 fully saturated rings.